The van der Waals surface area contributed by atoms with E-state index in [-0.39, 0.29) is 5.91 Å². The molecule has 0 saturated carbocycles. The van der Waals surface area contributed by atoms with E-state index in [1.54, 1.807) is 19.0 Å². The fourth-order valence-electron chi connectivity index (χ4n) is 2.67. The Labute approximate surface area is 131 Å². The summed E-state index contributed by atoms with van der Waals surface area (Å²) in [7, 11) is 3.55. The fourth-order valence-corrected chi connectivity index (χ4v) is 2.80. The molecule has 1 fully saturated rings. The van der Waals surface area contributed by atoms with E-state index in [2.05, 4.69) is 4.90 Å². The molecule has 0 aliphatic carbocycles. The van der Waals surface area contributed by atoms with Gasteiger partial charge in [-0.2, -0.15) is 0 Å². The van der Waals surface area contributed by atoms with Crippen molar-refractivity contribution in [2.75, 3.05) is 33.7 Å². The number of benzene rings is 1. The molecule has 0 spiro atoms. The molecule has 0 unspecified atom stereocenters. The van der Waals surface area contributed by atoms with Crippen LogP contribution in [-0.2, 0) is 10.4 Å². The van der Waals surface area contributed by atoms with Crippen molar-refractivity contribution in [1.29, 1.82) is 0 Å². The van der Waals surface area contributed by atoms with Gasteiger partial charge in [-0.05, 0) is 30.5 Å². The second kappa shape index (κ2) is 6.77. The number of nitrogens with zero attached hydrogens (tertiary/aromatic N) is 2. The molecular weight excluding hydrogens is 288 g/mol. The number of carbonyl (C=O) groups is 1. The molecule has 1 saturated heterocycles. The van der Waals surface area contributed by atoms with Gasteiger partial charge in [0.05, 0.1) is 5.60 Å². The first kappa shape index (κ1) is 16.3. The molecule has 1 amide bonds. The van der Waals surface area contributed by atoms with Crippen LogP contribution in [0.1, 0.15) is 24.8 Å². The van der Waals surface area contributed by atoms with Gasteiger partial charge in [-0.3, -0.25) is 4.79 Å². The number of carbonyl (C=O) groups excluding carboxylic acids is 1. The average Bonchev–Trinajstić information content (AvgIpc) is 2.47. The maximum atomic E-state index is 11.6. The second-order valence-corrected chi connectivity index (χ2v) is 6.35. The molecule has 1 aromatic carbocycles. The van der Waals surface area contributed by atoms with Crippen LogP contribution in [0.15, 0.2) is 24.3 Å². The van der Waals surface area contributed by atoms with Gasteiger partial charge in [0.15, 0.2) is 0 Å². The lowest BCUT2D eigenvalue weighted by atomic mass is 9.84. The van der Waals surface area contributed by atoms with E-state index in [0.29, 0.717) is 24.3 Å². The molecule has 1 aliphatic rings. The monoisotopic (exact) mass is 310 g/mol. The maximum Gasteiger partial charge on any atom is 0.223 e. The highest BCUT2D eigenvalue weighted by Gasteiger charge is 2.33. The summed E-state index contributed by atoms with van der Waals surface area (Å²) in [6.07, 6.45) is 1.90. The molecule has 2 rings (SSSR count). The van der Waals surface area contributed by atoms with Crippen molar-refractivity contribution < 1.29 is 9.90 Å². The quantitative estimate of drug-likeness (QED) is 0.926. The molecule has 4 nitrogen and oxygen atoms in total. The smallest absolute Gasteiger partial charge is 0.223 e. The molecule has 21 heavy (non-hydrogen) atoms. The Morgan fingerprint density at radius 3 is 2.38 bits per heavy atom. The molecule has 116 valence electrons. The molecular formula is C16H23ClN2O2. The Bertz CT molecular complexity index is 480. The molecule has 0 radical (unpaired) electrons. The van der Waals surface area contributed by atoms with E-state index in [1.807, 2.05) is 24.3 Å². The standard InChI is InChI=1S/C16H23ClN2O2/c1-18(2)15(20)7-10-19-11-8-16(21,9-12-19)13-3-5-14(17)6-4-13/h3-6,21H,7-12H2,1-2H3. The SMILES string of the molecule is CN(C)C(=O)CCN1CCC(O)(c2ccc(Cl)cc2)CC1. The summed E-state index contributed by atoms with van der Waals surface area (Å²) in [6.45, 7) is 2.37. The van der Waals surface area contributed by atoms with Crippen LogP contribution in [-0.4, -0.2) is 54.5 Å². The summed E-state index contributed by atoms with van der Waals surface area (Å²) in [5, 5.41) is 11.5. The van der Waals surface area contributed by atoms with Crippen molar-refractivity contribution >= 4 is 17.5 Å². The second-order valence-electron chi connectivity index (χ2n) is 5.92. The summed E-state index contributed by atoms with van der Waals surface area (Å²) in [4.78, 5) is 15.5. The summed E-state index contributed by atoms with van der Waals surface area (Å²) < 4.78 is 0. The number of hydrogen-bond donors (Lipinski definition) is 1. The average molecular weight is 311 g/mol. The third-order valence-corrected chi connectivity index (χ3v) is 4.46. The van der Waals surface area contributed by atoms with Gasteiger partial charge in [-0.15, -0.1) is 0 Å². The molecule has 5 heteroatoms. The minimum Gasteiger partial charge on any atom is -0.385 e. The van der Waals surface area contributed by atoms with Gasteiger partial charge >= 0.3 is 0 Å². The van der Waals surface area contributed by atoms with E-state index in [9.17, 15) is 9.90 Å². The number of rotatable bonds is 4. The molecule has 1 aromatic rings. The van der Waals surface area contributed by atoms with Crippen LogP contribution >= 0.6 is 11.6 Å². The van der Waals surface area contributed by atoms with Gasteiger partial charge < -0.3 is 14.9 Å². The minimum absolute atomic E-state index is 0.147. The van der Waals surface area contributed by atoms with Crippen molar-refractivity contribution in [1.82, 2.24) is 9.80 Å². The third-order valence-electron chi connectivity index (χ3n) is 4.21. The maximum absolute atomic E-state index is 11.6. The lowest BCUT2D eigenvalue weighted by Gasteiger charge is -2.38. The van der Waals surface area contributed by atoms with E-state index in [1.165, 1.54) is 0 Å². The van der Waals surface area contributed by atoms with Gasteiger partial charge in [0.25, 0.3) is 0 Å². The molecule has 1 aliphatic heterocycles. The van der Waals surface area contributed by atoms with Gasteiger partial charge in [0.2, 0.25) is 5.91 Å². The molecule has 0 bridgehead atoms. The predicted octanol–water partition coefficient (Wildman–Crippen LogP) is 2.10. The van der Waals surface area contributed by atoms with Crippen LogP contribution in [0.4, 0.5) is 0 Å². The van der Waals surface area contributed by atoms with E-state index in [0.717, 1.165) is 25.2 Å². The number of likely N-dealkylation sites (tertiary alicyclic amines) is 1. The largest absolute Gasteiger partial charge is 0.385 e. The lowest BCUT2D eigenvalue weighted by Crippen LogP contribution is -2.43. The number of piperidine rings is 1. The zero-order valence-electron chi connectivity index (χ0n) is 12.7. The van der Waals surface area contributed by atoms with E-state index >= 15 is 0 Å². The third kappa shape index (κ3) is 4.19. The number of halogens is 1. The number of aliphatic hydroxyl groups is 1. The highest BCUT2D eigenvalue weighted by molar-refractivity contribution is 6.30. The normalized spacial score (nSPS) is 18.5. The molecule has 0 aromatic heterocycles. The van der Waals surface area contributed by atoms with Gasteiger partial charge in [-0.1, -0.05) is 23.7 Å². The summed E-state index contributed by atoms with van der Waals surface area (Å²) in [5.41, 5.74) is 0.156. The van der Waals surface area contributed by atoms with E-state index in [4.69, 9.17) is 11.6 Å². The highest BCUT2D eigenvalue weighted by Crippen LogP contribution is 2.33. The zero-order valence-corrected chi connectivity index (χ0v) is 13.4. The highest BCUT2D eigenvalue weighted by atomic mass is 35.5. The van der Waals surface area contributed by atoms with Crippen LogP contribution in [0.5, 0.6) is 0 Å². The number of hydrogen-bond acceptors (Lipinski definition) is 3. The Balaban J connectivity index is 1.87. The Morgan fingerprint density at radius 1 is 1.29 bits per heavy atom. The molecule has 0 atom stereocenters. The first-order valence-corrected chi connectivity index (χ1v) is 7.69. The topological polar surface area (TPSA) is 43.8 Å². The van der Waals surface area contributed by atoms with Crippen molar-refractivity contribution in [3.63, 3.8) is 0 Å². The number of amides is 1. The first-order valence-electron chi connectivity index (χ1n) is 7.32. The van der Waals surface area contributed by atoms with Gasteiger partial charge in [-0.25, -0.2) is 0 Å². The zero-order chi connectivity index (χ0) is 15.5. The van der Waals surface area contributed by atoms with Crippen molar-refractivity contribution in [2.45, 2.75) is 24.9 Å². The summed E-state index contributed by atoms with van der Waals surface area (Å²) in [5.74, 6) is 0.147. The Hall–Kier alpha value is -1.10. The van der Waals surface area contributed by atoms with Crippen LogP contribution < -0.4 is 0 Å². The summed E-state index contributed by atoms with van der Waals surface area (Å²) in [6, 6.07) is 7.43. The van der Waals surface area contributed by atoms with Gasteiger partial charge in [0, 0.05) is 45.2 Å². The molecule has 1 N–H and O–H groups in total. The lowest BCUT2D eigenvalue weighted by molar-refractivity contribution is -0.129. The fraction of sp³-hybridized carbons (Fsp3) is 0.562. The van der Waals surface area contributed by atoms with Crippen molar-refractivity contribution in [3.05, 3.63) is 34.9 Å². The Morgan fingerprint density at radius 2 is 1.86 bits per heavy atom. The van der Waals surface area contributed by atoms with Crippen molar-refractivity contribution in [3.8, 4) is 0 Å². The van der Waals surface area contributed by atoms with E-state index < -0.39 is 5.60 Å². The van der Waals surface area contributed by atoms with Crippen LogP contribution in [0, 0.1) is 0 Å². The minimum atomic E-state index is -0.771. The Kier molecular flexibility index (Phi) is 5.25. The predicted molar refractivity (Wildman–Crippen MR) is 84.3 cm³/mol. The van der Waals surface area contributed by atoms with Crippen LogP contribution in [0.2, 0.25) is 5.02 Å². The molecule has 1 heterocycles. The van der Waals surface area contributed by atoms with Crippen LogP contribution in [0.3, 0.4) is 0 Å². The summed E-state index contributed by atoms with van der Waals surface area (Å²) >= 11 is 5.89. The van der Waals surface area contributed by atoms with Crippen LogP contribution in [0.25, 0.3) is 0 Å². The van der Waals surface area contributed by atoms with Crippen molar-refractivity contribution in [2.24, 2.45) is 0 Å². The van der Waals surface area contributed by atoms with Gasteiger partial charge in [0.1, 0.15) is 0 Å². The first-order chi connectivity index (χ1) is 9.90.